The Morgan fingerprint density at radius 2 is 1.56 bits per heavy atom. The molecule has 184 valence electrons. The van der Waals surface area contributed by atoms with Crippen LogP contribution in [0.1, 0.15) is 43.9 Å². The van der Waals surface area contributed by atoms with Gasteiger partial charge in [-0.3, -0.25) is 14.5 Å². The summed E-state index contributed by atoms with van der Waals surface area (Å²) in [7, 11) is 1.61. The van der Waals surface area contributed by atoms with Crippen molar-refractivity contribution >= 4 is 46.6 Å². The molecule has 3 aromatic carbocycles. The molecule has 0 radical (unpaired) electrons. The summed E-state index contributed by atoms with van der Waals surface area (Å²) in [6, 6.07) is 21.5. The first kappa shape index (κ1) is 23.4. The Kier molecular flexibility index (Phi) is 5.06. The fraction of sp³-hybridized carbons (Fsp3) is 0.310. The Hall–Kier alpha value is -2.96. The molecule has 6 rings (SSSR count). The van der Waals surface area contributed by atoms with E-state index in [1.165, 1.54) is 11.8 Å². The van der Waals surface area contributed by atoms with Crippen molar-refractivity contribution in [3.05, 3.63) is 88.4 Å². The first-order chi connectivity index (χ1) is 17.1. The zero-order chi connectivity index (χ0) is 25.5. The molecule has 7 heteroatoms. The second-order valence-electron chi connectivity index (χ2n) is 10.5. The molecule has 1 spiro atoms. The van der Waals surface area contributed by atoms with Gasteiger partial charge in [0.2, 0.25) is 10.8 Å². The van der Waals surface area contributed by atoms with Crippen LogP contribution in [0, 0.1) is 0 Å². The second-order valence-corrected chi connectivity index (χ2v) is 12.1. The number of ether oxygens (including phenoxy) is 1. The number of carbonyl (C=O) groups excluding carboxylic acids is 2. The fourth-order valence-electron chi connectivity index (χ4n) is 6.45. The smallest absolute Gasteiger partial charge is 0.269 e. The number of rotatable bonds is 3. The van der Waals surface area contributed by atoms with Gasteiger partial charge in [-0.15, -0.1) is 11.8 Å². The minimum atomic E-state index is -1.14. The molecule has 36 heavy (non-hydrogen) atoms. The summed E-state index contributed by atoms with van der Waals surface area (Å²) < 4.78 is 5.32. The third kappa shape index (κ3) is 2.97. The van der Waals surface area contributed by atoms with E-state index in [4.69, 9.17) is 16.3 Å². The average molecular weight is 519 g/mol. The highest BCUT2D eigenvalue weighted by Gasteiger charge is 2.65. The first-order valence-electron chi connectivity index (χ1n) is 12.0. The van der Waals surface area contributed by atoms with Crippen molar-refractivity contribution in [1.82, 2.24) is 0 Å². The Morgan fingerprint density at radius 1 is 0.889 bits per heavy atom. The third-order valence-corrected chi connectivity index (χ3v) is 9.52. The number of hydrogen-bond acceptors (Lipinski definition) is 4. The van der Waals surface area contributed by atoms with Gasteiger partial charge in [-0.2, -0.15) is 0 Å². The van der Waals surface area contributed by atoms with E-state index in [1.807, 2.05) is 53.4 Å². The topological polar surface area (TPSA) is 49.9 Å². The fourth-order valence-corrected chi connectivity index (χ4v) is 7.91. The van der Waals surface area contributed by atoms with Gasteiger partial charge in [-0.25, -0.2) is 0 Å². The van der Waals surface area contributed by atoms with Crippen molar-refractivity contribution in [2.24, 2.45) is 0 Å². The number of fused-ring (bicyclic) bond motifs is 1. The molecule has 2 atom stereocenters. The van der Waals surface area contributed by atoms with E-state index < -0.39 is 10.4 Å². The Labute approximate surface area is 220 Å². The van der Waals surface area contributed by atoms with Crippen LogP contribution in [0.25, 0.3) is 0 Å². The van der Waals surface area contributed by atoms with Gasteiger partial charge in [0.15, 0.2) is 0 Å². The van der Waals surface area contributed by atoms with Gasteiger partial charge >= 0.3 is 0 Å². The molecule has 0 aliphatic carbocycles. The number of thioether (sulfide) groups is 1. The highest BCUT2D eigenvalue weighted by molar-refractivity contribution is 8.02. The second kappa shape index (κ2) is 7.77. The van der Waals surface area contributed by atoms with E-state index >= 15 is 0 Å². The number of halogens is 1. The number of carbonyl (C=O) groups is 2. The maximum atomic E-state index is 14.5. The van der Waals surface area contributed by atoms with Crippen molar-refractivity contribution in [1.29, 1.82) is 0 Å². The van der Waals surface area contributed by atoms with Crippen LogP contribution < -0.4 is 14.5 Å². The standard InChI is InChI=1S/C29H27ClN2O3S/c1-27(2)17-28(3,18-8-10-19(30)11-9-18)22-6-5-7-23-25(22)32(27)26(34)29(23)31(24(33)16-36-29)20-12-14-21(35-4)15-13-20/h5-15H,16-17H2,1-4H3/t28-,29+/m1/s1. The molecule has 0 aromatic heterocycles. The van der Waals surface area contributed by atoms with E-state index in [9.17, 15) is 9.59 Å². The molecular weight excluding hydrogens is 492 g/mol. The van der Waals surface area contributed by atoms with Crippen molar-refractivity contribution in [2.75, 3.05) is 22.7 Å². The number of hydrogen-bond donors (Lipinski definition) is 0. The molecular formula is C29H27ClN2O3S. The summed E-state index contributed by atoms with van der Waals surface area (Å²) in [6.07, 6.45) is 0.737. The van der Waals surface area contributed by atoms with E-state index in [2.05, 4.69) is 39.0 Å². The van der Waals surface area contributed by atoms with Crippen molar-refractivity contribution in [3.63, 3.8) is 0 Å². The van der Waals surface area contributed by atoms with E-state index in [1.54, 1.807) is 12.0 Å². The van der Waals surface area contributed by atoms with E-state index in [0.29, 0.717) is 16.5 Å². The molecule has 3 aliphatic rings. The van der Waals surface area contributed by atoms with Crippen LogP contribution >= 0.6 is 23.4 Å². The van der Waals surface area contributed by atoms with E-state index in [-0.39, 0.29) is 23.0 Å². The lowest BCUT2D eigenvalue weighted by molar-refractivity contribution is -0.124. The lowest BCUT2D eigenvalue weighted by Gasteiger charge is -2.50. The van der Waals surface area contributed by atoms with Crippen molar-refractivity contribution < 1.29 is 14.3 Å². The minimum Gasteiger partial charge on any atom is -0.497 e. The zero-order valence-corrected chi connectivity index (χ0v) is 22.2. The van der Waals surface area contributed by atoms with Gasteiger partial charge in [-0.05, 0) is 67.8 Å². The largest absolute Gasteiger partial charge is 0.497 e. The van der Waals surface area contributed by atoms with Gasteiger partial charge in [0.1, 0.15) is 5.75 Å². The monoisotopic (exact) mass is 518 g/mol. The normalized spacial score (nSPS) is 26.0. The molecule has 5 nitrogen and oxygen atoms in total. The molecule has 0 bridgehead atoms. The predicted octanol–water partition coefficient (Wildman–Crippen LogP) is 6.12. The van der Waals surface area contributed by atoms with Gasteiger partial charge in [0, 0.05) is 27.2 Å². The Morgan fingerprint density at radius 3 is 2.22 bits per heavy atom. The maximum absolute atomic E-state index is 14.5. The summed E-state index contributed by atoms with van der Waals surface area (Å²) in [5.74, 6) is 0.811. The van der Waals surface area contributed by atoms with Crippen LogP contribution in [0.3, 0.4) is 0 Å². The molecule has 3 aliphatic heterocycles. The van der Waals surface area contributed by atoms with Gasteiger partial charge in [0.25, 0.3) is 5.91 Å². The van der Waals surface area contributed by atoms with Crippen LogP contribution in [0.5, 0.6) is 5.75 Å². The quantitative estimate of drug-likeness (QED) is 0.419. The van der Waals surface area contributed by atoms with Crippen LogP contribution in [0.2, 0.25) is 5.02 Å². The summed E-state index contributed by atoms with van der Waals surface area (Å²) >= 11 is 7.63. The third-order valence-electron chi connectivity index (χ3n) is 7.88. The summed E-state index contributed by atoms with van der Waals surface area (Å²) in [4.78, 5) is 30.4. The number of amides is 2. The van der Waals surface area contributed by atoms with Gasteiger partial charge < -0.3 is 9.64 Å². The lowest BCUT2D eigenvalue weighted by Crippen LogP contribution is -2.58. The molecule has 0 saturated carbocycles. The number of anilines is 2. The zero-order valence-electron chi connectivity index (χ0n) is 20.7. The van der Waals surface area contributed by atoms with Crippen LogP contribution in [-0.2, 0) is 19.9 Å². The summed E-state index contributed by atoms with van der Waals surface area (Å²) in [6.45, 7) is 6.49. The number of para-hydroxylation sites is 1. The molecule has 1 fully saturated rings. The van der Waals surface area contributed by atoms with Gasteiger partial charge in [-0.1, -0.05) is 48.9 Å². The highest BCUT2D eigenvalue weighted by Crippen LogP contribution is 2.62. The van der Waals surface area contributed by atoms with Crippen LogP contribution in [0.4, 0.5) is 11.4 Å². The maximum Gasteiger partial charge on any atom is 0.269 e. The Balaban J connectivity index is 1.59. The van der Waals surface area contributed by atoms with Gasteiger partial charge in [0.05, 0.1) is 18.6 Å². The average Bonchev–Trinajstić information content (AvgIpc) is 3.33. The minimum absolute atomic E-state index is 0.0558. The number of methoxy groups -OCH3 is 1. The molecule has 0 N–H and O–H groups in total. The molecule has 1 saturated heterocycles. The van der Waals surface area contributed by atoms with E-state index in [0.717, 1.165) is 28.8 Å². The summed E-state index contributed by atoms with van der Waals surface area (Å²) in [5, 5.41) is 0.697. The van der Waals surface area contributed by atoms with Crippen molar-refractivity contribution in [3.8, 4) is 5.75 Å². The number of benzene rings is 3. The molecule has 3 heterocycles. The summed E-state index contributed by atoms with van der Waals surface area (Å²) in [5.41, 5.74) is 3.94. The molecule has 2 amide bonds. The predicted molar refractivity (Wildman–Crippen MR) is 145 cm³/mol. The van der Waals surface area contributed by atoms with Crippen molar-refractivity contribution in [2.45, 2.75) is 43.0 Å². The van der Waals surface area contributed by atoms with Crippen LogP contribution in [-0.4, -0.2) is 30.2 Å². The lowest BCUT2D eigenvalue weighted by atomic mass is 9.65. The molecule has 0 unspecified atom stereocenters. The van der Waals surface area contributed by atoms with Crippen LogP contribution in [0.15, 0.2) is 66.7 Å². The number of nitrogens with zero attached hydrogens (tertiary/aromatic N) is 2. The molecule has 3 aromatic rings. The SMILES string of the molecule is COc1ccc(N2C(=O)CS[C@@]23C(=O)N2c4c(cccc43)[C@@](C)(c3ccc(Cl)cc3)CC2(C)C)cc1. The highest BCUT2D eigenvalue weighted by atomic mass is 35.5. The first-order valence-corrected chi connectivity index (χ1v) is 13.4. The Bertz CT molecular complexity index is 1410.